The number of aryl methyl sites for hydroxylation is 1. The molecule has 0 amide bonds. The van der Waals surface area contributed by atoms with Crippen molar-refractivity contribution in [3.05, 3.63) is 64.0 Å². The molecule has 0 atom stereocenters. The molecule has 32 heavy (non-hydrogen) atoms. The number of hydrogen-bond acceptors (Lipinski definition) is 4. The number of ether oxygens (including phenoxy) is 1. The summed E-state index contributed by atoms with van der Waals surface area (Å²) in [6, 6.07) is 7.76. The van der Waals surface area contributed by atoms with E-state index in [0.29, 0.717) is 33.0 Å². The maximum absolute atomic E-state index is 14.7. The Kier molecular flexibility index (Phi) is 5.19. The average molecular weight is 460 g/mol. The summed E-state index contributed by atoms with van der Waals surface area (Å²) in [6.45, 7) is 7.70. The largest absolute Gasteiger partial charge is 0.498 e. The number of hydrogen-bond donors (Lipinski definition) is 0. The fourth-order valence-electron chi connectivity index (χ4n) is 3.67. The fourth-order valence-corrected chi connectivity index (χ4v) is 3.94. The Hall–Kier alpha value is -2.55. The minimum atomic E-state index is -0.808. The summed E-state index contributed by atoms with van der Waals surface area (Å²) in [5.41, 5.74) is 0.420. The molecule has 1 saturated heterocycles. The molecule has 0 saturated carbocycles. The van der Waals surface area contributed by atoms with Crippen LogP contribution in [-0.4, -0.2) is 34.6 Å². The molecule has 2 heterocycles. The highest BCUT2D eigenvalue weighted by molar-refractivity contribution is 6.63. The molecule has 1 fully saturated rings. The lowest BCUT2D eigenvalue weighted by molar-refractivity contribution is 0.00578. The Bertz CT molecular complexity index is 1260. The Labute approximate surface area is 193 Å². The van der Waals surface area contributed by atoms with Gasteiger partial charge in [-0.25, -0.2) is 9.18 Å². The van der Waals surface area contributed by atoms with E-state index in [4.69, 9.17) is 27.0 Å². The van der Waals surface area contributed by atoms with Crippen molar-refractivity contribution < 1.29 is 19.8 Å². The zero-order valence-corrected chi connectivity index (χ0v) is 19.4. The molecule has 0 spiro atoms. The first-order valence-corrected chi connectivity index (χ1v) is 10.5. The van der Waals surface area contributed by atoms with Gasteiger partial charge in [0.25, 0.3) is 0 Å². The maximum Gasteiger partial charge on any atom is 0.498 e. The minimum absolute atomic E-state index is 0.191. The van der Waals surface area contributed by atoms with Crippen LogP contribution in [0.5, 0.6) is 5.75 Å². The third-order valence-electron chi connectivity index (χ3n) is 6.16. The standard InChI is InChI=1S/C23H25BClFN2O4/c1-22(2)23(3,4)32-24(31-22)17-13-15(26)12-16(20(17)30-6)14-7-8-19(18(25)11-14)28-10-9-27(5)21(28)29/h7-13H,1-6H3/i5D. The first-order valence-electron chi connectivity index (χ1n) is 10.8. The van der Waals surface area contributed by atoms with Crippen LogP contribution in [0, 0.1) is 5.82 Å². The second kappa shape index (κ2) is 7.80. The lowest BCUT2D eigenvalue weighted by Gasteiger charge is -2.32. The van der Waals surface area contributed by atoms with Crippen molar-refractivity contribution in [2.45, 2.75) is 38.9 Å². The van der Waals surface area contributed by atoms with E-state index >= 15 is 0 Å². The summed E-state index contributed by atoms with van der Waals surface area (Å²) in [5, 5.41) is 0.292. The summed E-state index contributed by atoms with van der Waals surface area (Å²) < 4.78 is 42.7. The van der Waals surface area contributed by atoms with E-state index in [-0.39, 0.29) is 12.7 Å². The van der Waals surface area contributed by atoms with E-state index in [0.717, 1.165) is 0 Å². The molecule has 1 aromatic heterocycles. The van der Waals surface area contributed by atoms with Crippen molar-refractivity contribution >= 4 is 24.2 Å². The number of benzene rings is 2. The third-order valence-corrected chi connectivity index (χ3v) is 6.46. The van der Waals surface area contributed by atoms with Crippen molar-refractivity contribution in [3.63, 3.8) is 0 Å². The number of methoxy groups -OCH3 is 1. The van der Waals surface area contributed by atoms with Crippen LogP contribution in [0.2, 0.25) is 5.02 Å². The van der Waals surface area contributed by atoms with E-state index < -0.39 is 24.1 Å². The fraction of sp³-hybridized carbons (Fsp3) is 0.348. The topological polar surface area (TPSA) is 54.6 Å². The minimum Gasteiger partial charge on any atom is -0.496 e. The average Bonchev–Trinajstić information content (AvgIpc) is 3.22. The molecule has 0 bridgehead atoms. The molecule has 1 aliphatic heterocycles. The SMILES string of the molecule is [2H]Cn1ccn(-c2ccc(-c3cc(F)cc(B4OC(C)(C)C(C)(C)O4)c3OC)cc2Cl)c1=O. The van der Waals surface area contributed by atoms with Crippen LogP contribution < -0.4 is 15.9 Å². The van der Waals surface area contributed by atoms with Gasteiger partial charge < -0.3 is 18.6 Å². The highest BCUT2D eigenvalue weighted by atomic mass is 35.5. The van der Waals surface area contributed by atoms with Crippen molar-refractivity contribution in [2.24, 2.45) is 7.02 Å². The molecule has 0 aliphatic carbocycles. The number of halogens is 2. The molecule has 0 unspecified atom stereocenters. The van der Waals surface area contributed by atoms with Gasteiger partial charge in [0.05, 0.1) is 29.0 Å². The second-order valence-electron chi connectivity index (χ2n) is 8.75. The molecular weight excluding hydrogens is 434 g/mol. The van der Waals surface area contributed by atoms with Crippen LogP contribution >= 0.6 is 11.6 Å². The summed E-state index contributed by atoms with van der Waals surface area (Å²) >= 11 is 6.52. The molecule has 0 N–H and O–H groups in total. The molecule has 1 aliphatic rings. The van der Waals surface area contributed by atoms with Gasteiger partial charge in [0.1, 0.15) is 11.6 Å². The van der Waals surface area contributed by atoms with Crippen LogP contribution in [0.4, 0.5) is 4.39 Å². The van der Waals surface area contributed by atoms with Gasteiger partial charge in [0, 0.05) is 31.8 Å². The molecule has 3 aromatic rings. The molecular formula is C23H25BClFN2O4. The second-order valence-corrected chi connectivity index (χ2v) is 9.16. The summed E-state index contributed by atoms with van der Waals surface area (Å²) in [6.07, 6.45) is 3.07. The van der Waals surface area contributed by atoms with Gasteiger partial charge in [-0.05, 0) is 57.5 Å². The van der Waals surface area contributed by atoms with E-state index in [2.05, 4.69) is 0 Å². The van der Waals surface area contributed by atoms with Gasteiger partial charge in [-0.1, -0.05) is 17.7 Å². The molecule has 4 rings (SSSR count). The van der Waals surface area contributed by atoms with Gasteiger partial charge in [0.2, 0.25) is 0 Å². The smallest absolute Gasteiger partial charge is 0.496 e. The predicted octanol–water partition coefficient (Wildman–Crippen LogP) is 3.94. The highest BCUT2D eigenvalue weighted by Crippen LogP contribution is 2.39. The summed E-state index contributed by atoms with van der Waals surface area (Å²) in [7, 11) is 0.506. The first kappa shape index (κ1) is 21.3. The molecule has 0 radical (unpaired) electrons. The van der Waals surface area contributed by atoms with Crippen LogP contribution in [-0.2, 0) is 16.3 Å². The van der Waals surface area contributed by atoms with Crippen molar-refractivity contribution in [1.29, 1.82) is 0 Å². The zero-order valence-electron chi connectivity index (χ0n) is 19.6. The van der Waals surface area contributed by atoms with Gasteiger partial charge in [-0.3, -0.25) is 4.57 Å². The molecule has 168 valence electrons. The quantitative estimate of drug-likeness (QED) is 0.555. The van der Waals surface area contributed by atoms with Crippen molar-refractivity contribution in [1.82, 2.24) is 9.13 Å². The maximum atomic E-state index is 14.7. The number of rotatable bonds is 4. The first-order chi connectivity index (χ1) is 15.5. The Morgan fingerprint density at radius 3 is 2.38 bits per heavy atom. The lowest BCUT2D eigenvalue weighted by Crippen LogP contribution is -2.41. The zero-order chi connectivity index (χ0) is 24.1. The molecule has 2 aromatic carbocycles. The Morgan fingerprint density at radius 1 is 1.12 bits per heavy atom. The lowest BCUT2D eigenvalue weighted by atomic mass is 9.76. The van der Waals surface area contributed by atoms with E-state index in [1.165, 1.54) is 34.6 Å². The Balaban J connectivity index is 1.79. The third kappa shape index (κ3) is 3.66. The van der Waals surface area contributed by atoms with E-state index in [1.807, 2.05) is 27.7 Å². The number of aromatic nitrogens is 2. The van der Waals surface area contributed by atoms with Gasteiger partial charge in [-0.15, -0.1) is 0 Å². The number of nitrogens with zero attached hydrogens (tertiary/aromatic N) is 2. The van der Waals surface area contributed by atoms with E-state index in [9.17, 15) is 9.18 Å². The van der Waals surface area contributed by atoms with Gasteiger partial charge in [-0.2, -0.15) is 0 Å². The van der Waals surface area contributed by atoms with Gasteiger partial charge >= 0.3 is 12.8 Å². The Morgan fingerprint density at radius 2 is 1.81 bits per heavy atom. The van der Waals surface area contributed by atoms with Crippen LogP contribution in [0.3, 0.4) is 0 Å². The van der Waals surface area contributed by atoms with Crippen LogP contribution in [0.1, 0.15) is 29.1 Å². The predicted molar refractivity (Wildman–Crippen MR) is 124 cm³/mol. The van der Waals surface area contributed by atoms with E-state index in [1.54, 1.807) is 24.4 Å². The summed E-state index contributed by atoms with van der Waals surface area (Å²) in [5.74, 6) is -0.0595. The van der Waals surface area contributed by atoms with Crippen LogP contribution in [0.15, 0.2) is 47.5 Å². The highest BCUT2D eigenvalue weighted by Gasteiger charge is 2.52. The van der Waals surface area contributed by atoms with Crippen molar-refractivity contribution in [2.75, 3.05) is 7.11 Å². The van der Waals surface area contributed by atoms with Crippen molar-refractivity contribution in [3.8, 4) is 22.6 Å². The monoisotopic (exact) mass is 459 g/mol. The molecule has 9 heteroatoms. The summed E-state index contributed by atoms with van der Waals surface area (Å²) in [4.78, 5) is 12.4. The van der Waals surface area contributed by atoms with Gasteiger partial charge in [0.15, 0.2) is 0 Å². The normalized spacial score (nSPS) is 17.5. The number of imidazole rings is 1. The molecule has 6 nitrogen and oxygen atoms in total. The van der Waals surface area contributed by atoms with Crippen LogP contribution in [0.25, 0.3) is 16.8 Å².